The van der Waals surface area contributed by atoms with Gasteiger partial charge < -0.3 is 5.73 Å². The molecule has 23 heavy (non-hydrogen) atoms. The van der Waals surface area contributed by atoms with Gasteiger partial charge in [0, 0.05) is 10.6 Å². The molecule has 0 bridgehead atoms. The number of amides is 3. The van der Waals surface area contributed by atoms with E-state index in [-0.39, 0.29) is 5.92 Å². The van der Waals surface area contributed by atoms with E-state index in [0.717, 1.165) is 5.56 Å². The molecule has 7 nitrogen and oxygen atoms in total. The molecular weight excluding hydrogens is 338 g/mol. The zero-order valence-corrected chi connectivity index (χ0v) is 14.1. The smallest absolute Gasteiger partial charge is 0.318 e. The normalized spacial score (nSPS) is 12.2. The summed E-state index contributed by atoms with van der Waals surface area (Å²) in [6.45, 7) is 3.73. The highest BCUT2D eigenvalue weighted by atomic mass is 35.5. The number of nitrogens with zero attached hydrogens (tertiary/aromatic N) is 2. The number of nitrogens with one attached hydrogen (secondary N) is 2. The fourth-order valence-electron chi connectivity index (χ4n) is 1.83. The van der Waals surface area contributed by atoms with E-state index in [1.807, 2.05) is 26.0 Å². The maximum Gasteiger partial charge on any atom is 0.318 e. The Morgan fingerprint density at radius 2 is 1.96 bits per heavy atom. The maximum absolute atomic E-state index is 12.0. The average molecular weight is 354 g/mol. The molecule has 0 saturated carbocycles. The van der Waals surface area contributed by atoms with Gasteiger partial charge in [-0.15, -0.1) is 5.10 Å². The van der Waals surface area contributed by atoms with Crippen molar-refractivity contribution in [3.63, 3.8) is 0 Å². The molecule has 0 aliphatic heterocycles. The number of rotatable bonds is 5. The molecule has 3 amide bonds. The summed E-state index contributed by atoms with van der Waals surface area (Å²) in [6.07, 6.45) is 0. The molecule has 2 rings (SSSR count). The predicted molar refractivity (Wildman–Crippen MR) is 89.0 cm³/mol. The van der Waals surface area contributed by atoms with Gasteiger partial charge in [0.15, 0.2) is 5.82 Å². The molecule has 0 aliphatic rings. The van der Waals surface area contributed by atoms with E-state index in [1.54, 1.807) is 12.1 Å². The van der Waals surface area contributed by atoms with E-state index in [1.165, 1.54) is 11.8 Å². The standard InChI is InChI=1S/C14H16ClN5O2S/c1-7(2)10(12(21)18-13(16)22)23-14-17-11(19-20-14)8-3-5-9(15)6-4-8/h3-7,10H,1-2H3,(H,17,19,20)(H3,16,18,21,22)/t10-/m1/s1. The molecule has 1 atom stereocenters. The molecule has 4 N–H and O–H groups in total. The number of primary amides is 1. The van der Waals surface area contributed by atoms with Gasteiger partial charge in [0.05, 0.1) is 5.25 Å². The van der Waals surface area contributed by atoms with E-state index in [0.29, 0.717) is 16.0 Å². The zero-order chi connectivity index (χ0) is 17.0. The summed E-state index contributed by atoms with van der Waals surface area (Å²) in [7, 11) is 0. The summed E-state index contributed by atoms with van der Waals surface area (Å²) in [5.41, 5.74) is 5.82. The highest BCUT2D eigenvalue weighted by Crippen LogP contribution is 2.27. The van der Waals surface area contributed by atoms with Crippen molar-refractivity contribution in [3.8, 4) is 11.4 Å². The molecule has 0 saturated heterocycles. The summed E-state index contributed by atoms with van der Waals surface area (Å²) in [6, 6.07) is 6.26. The Kier molecular flexibility index (Phi) is 5.62. The summed E-state index contributed by atoms with van der Waals surface area (Å²) < 4.78 is 0. The highest BCUT2D eigenvalue weighted by Gasteiger charge is 2.26. The van der Waals surface area contributed by atoms with E-state index >= 15 is 0 Å². The van der Waals surface area contributed by atoms with E-state index in [2.05, 4.69) is 20.5 Å². The molecule has 1 aromatic carbocycles. The molecule has 1 heterocycles. The van der Waals surface area contributed by atoms with E-state index in [9.17, 15) is 9.59 Å². The van der Waals surface area contributed by atoms with Crippen LogP contribution in [0.2, 0.25) is 5.02 Å². The van der Waals surface area contributed by atoms with Crippen LogP contribution in [0.5, 0.6) is 0 Å². The number of urea groups is 1. The summed E-state index contributed by atoms with van der Waals surface area (Å²) in [4.78, 5) is 27.2. The SMILES string of the molecule is CC(C)[C@@H](Sc1n[nH]c(-c2ccc(Cl)cc2)n1)C(=O)NC(N)=O. The lowest BCUT2D eigenvalue weighted by Crippen LogP contribution is -2.42. The summed E-state index contributed by atoms with van der Waals surface area (Å²) in [5, 5.41) is 9.51. The van der Waals surface area contributed by atoms with Crippen LogP contribution in [0.25, 0.3) is 11.4 Å². The number of thioether (sulfide) groups is 1. The van der Waals surface area contributed by atoms with Crippen molar-refractivity contribution in [3.05, 3.63) is 29.3 Å². The topological polar surface area (TPSA) is 114 Å². The Morgan fingerprint density at radius 3 is 2.52 bits per heavy atom. The molecule has 9 heteroatoms. The number of halogens is 1. The molecular formula is C14H16ClN5O2S. The van der Waals surface area contributed by atoms with Gasteiger partial charge in [0.1, 0.15) is 0 Å². The summed E-state index contributed by atoms with van der Waals surface area (Å²) in [5.74, 6) is 0.0779. The number of imide groups is 1. The van der Waals surface area contributed by atoms with Crippen molar-refractivity contribution >= 4 is 35.3 Å². The number of carbonyl (C=O) groups excluding carboxylic acids is 2. The zero-order valence-electron chi connectivity index (χ0n) is 12.5. The highest BCUT2D eigenvalue weighted by molar-refractivity contribution is 8.00. The number of H-pyrrole nitrogens is 1. The fraction of sp³-hybridized carbons (Fsp3) is 0.286. The van der Waals surface area contributed by atoms with Gasteiger partial charge in [0.25, 0.3) is 0 Å². The van der Waals surface area contributed by atoms with Crippen molar-refractivity contribution < 1.29 is 9.59 Å². The molecule has 0 spiro atoms. The fourth-order valence-corrected chi connectivity index (χ4v) is 2.87. The van der Waals surface area contributed by atoms with Crippen LogP contribution < -0.4 is 11.1 Å². The van der Waals surface area contributed by atoms with Crippen molar-refractivity contribution in [1.82, 2.24) is 20.5 Å². The Hall–Kier alpha value is -2.06. The van der Waals surface area contributed by atoms with Crippen LogP contribution in [0.1, 0.15) is 13.8 Å². The van der Waals surface area contributed by atoms with Crippen molar-refractivity contribution in [2.24, 2.45) is 11.7 Å². The van der Waals surface area contributed by atoms with Gasteiger partial charge in [-0.25, -0.2) is 9.78 Å². The van der Waals surface area contributed by atoms with Gasteiger partial charge in [-0.1, -0.05) is 37.2 Å². The Balaban J connectivity index is 2.14. The van der Waals surface area contributed by atoms with E-state index in [4.69, 9.17) is 17.3 Å². The van der Waals surface area contributed by atoms with Crippen molar-refractivity contribution in [2.75, 3.05) is 0 Å². The van der Waals surface area contributed by atoms with Crippen LogP contribution in [0.3, 0.4) is 0 Å². The Morgan fingerprint density at radius 1 is 1.30 bits per heavy atom. The minimum absolute atomic E-state index is 0.0307. The van der Waals surface area contributed by atoms with Crippen molar-refractivity contribution in [1.29, 1.82) is 0 Å². The lowest BCUT2D eigenvalue weighted by atomic mass is 10.1. The first-order valence-electron chi connectivity index (χ1n) is 6.82. The van der Waals surface area contributed by atoms with Gasteiger partial charge in [-0.3, -0.25) is 15.2 Å². The Bertz CT molecular complexity index is 701. The quantitative estimate of drug-likeness (QED) is 0.714. The monoisotopic (exact) mass is 353 g/mol. The van der Waals surface area contributed by atoms with E-state index < -0.39 is 17.2 Å². The number of benzene rings is 1. The van der Waals surface area contributed by atoms with Crippen LogP contribution in [-0.4, -0.2) is 32.4 Å². The lowest BCUT2D eigenvalue weighted by Gasteiger charge is -2.16. The molecule has 122 valence electrons. The molecule has 0 fully saturated rings. The predicted octanol–water partition coefficient (Wildman–Crippen LogP) is 2.44. The third kappa shape index (κ3) is 4.70. The second-order valence-electron chi connectivity index (χ2n) is 5.11. The number of aromatic nitrogens is 3. The third-order valence-corrected chi connectivity index (χ3v) is 4.58. The van der Waals surface area contributed by atoms with Crippen molar-refractivity contribution in [2.45, 2.75) is 24.3 Å². The number of hydrogen-bond donors (Lipinski definition) is 3. The number of hydrogen-bond acceptors (Lipinski definition) is 5. The van der Waals surface area contributed by atoms with Crippen LogP contribution in [0.15, 0.2) is 29.4 Å². The van der Waals surface area contributed by atoms with Gasteiger partial charge in [0.2, 0.25) is 11.1 Å². The first-order chi connectivity index (χ1) is 10.9. The molecule has 2 aromatic rings. The molecule has 0 aliphatic carbocycles. The van der Waals surface area contributed by atoms with Crippen LogP contribution in [0.4, 0.5) is 4.79 Å². The molecule has 1 aromatic heterocycles. The van der Waals surface area contributed by atoms with Gasteiger partial charge in [-0.05, 0) is 30.2 Å². The average Bonchev–Trinajstić information content (AvgIpc) is 2.93. The second kappa shape index (κ2) is 7.47. The first-order valence-corrected chi connectivity index (χ1v) is 8.08. The summed E-state index contributed by atoms with van der Waals surface area (Å²) >= 11 is 7.02. The third-order valence-electron chi connectivity index (χ3n) is 2.93. The second-order valence-corrected chi connectivity index (χ2v) is 6.65. The van der Waals surface area contributed by atoms with Crippen LogP contribution in [-0.2, 0) is 4.79 Å². The number of carbonyl (C=O) groups is 2. The molecule has 0 radical (unpaired) electrons. The van der Waals surface area contributed by atoms with Crippen LogP contribution >= 0.6 is 23.4 Å². The number of aromatic amines is 1. The largest absolute Gasteiger partial charge is 0.351 e. The number of nitrogens with two attached hydrogens (primary N) is 1. The maximum atomic E-state index is 12.0. The first kappa shape index (κ1) is 17.3. The minimum atomic E-state index is -0.877. The van der Waals surface area contributed by atoms with Gasteiger partial charge >= 0.3 is 6.03 Å². The molecule has 0 unspecified atom stereocenters. The van der Waals surface area contributed by atoms with Gasteiger partial charge in [-0.2, -0.15) is 0 Å². The van der Waals surface area contributed by atoms with Crippen LogP contribution in [0, 0.1) is 5.92 Å². The Labute approximate surface area is 142 Å². The lowest BCUT2D eigenvalue weighted by molar-refractivity contribution is -0.120. The minimum Gasteiger partial charge on any atom is -0.351 e.